The molecule has 0 amide bonds. The number of hydrogen-bond acceptors (Lipinski definition) is 0. The first-order chi connectivity index (χ1) is 9.03. The third-order valence-corrected chi connectivity index (χ3v) is 5.91. The Balaban J connectivity index is 4.47. The van der Waals surface area contributed by atoms with Gasteiger partial charge in [-0.1, -0.05) is 88.0 Å². The van der Waals surface area contributed by atoms with Gasteiger partial charge in [0.15, 0.2) is 0 Å². The summed E-state index contributed by atoms with van der Waals surface area (Å²) < 4.78 is 0. The summed E-state index contributed by atoms with van der Waals surface area (Å²) in [5.74, 6) is 2.55. The lowest BCUT2D eigenvalue weighted by atomic mass is 9.61. The van der Waals surface area contributed by atoms with Gasteiger partial charge in [0.2, 0.25) is 0 Å². The fourth-order valence-corrected chi connectivity index (χ4v) is 3.24. The van der Waals surface area contributed by atoms with Crippen LogP contribution in [0.15, 0.2) is 0 Å². The molecule has 1 atom stereocenters. The molecular formula is C20H42. The second-order valence-corrected chi connectivity index (χ2v) is 9.02. The third-order valence-electron chi connectivity index (χ3n) is 5.91. The highest BCUT2D eigenvalue weighted by Gasteiger charge is 2.38. The van der Waals surface area contributed by atoms with Crippen LogP contribution in [0, 0.1) is 28.6 Å². The van der Waals surface area contributed by atoms with Crippen molar-refractivity contribution in [1.82, 2.24) is 0 Å². The van der Waals surface area contributed by atoms with Crippen molar-refractivity contribution in [2.75, 3.05) is 0 Å². The molecule has 0 aliphatic heterocycles. The summed E-state index contributed by atoms with van der Waals surface area (Å²) in [6.07, 6.45) is 8.26. The van der Waals surface area contributed by atoms with Crippen LogP contribution in [0.25, 0.3) is 0 Å². The Morgan fingerprint density at radius 1 is 0.800 bits per heavy atom. The Morgan fingerprint density at radius 2 is 1.35 bits per heavy atom. The molecule has 0 spiro atoms. The molecule has 0 nitrogen and oxygen atoms in total. The van der Waals surface area contributed by atoms with Crippen molar-refractivity contribution in [3.63, 3.8) is 0 Å². The van der Waals surface area contributed by atoms with Crippen LogP contribution in [0.4, 0.5) is 0 Å². The fraction of sp³-hybridized carbons (Fsp3) is 1.00. The van der Waals surface area contributed by atoms with Gasteiger partial charge in [-0.3, -0.25) is 0 Å². The minimum atomic E-state index is 0.440. The zero-order valence-electron chi connectivity index (χ0n) is 16.0. The molecule has 0 fully saturated rings. The van der Waals surface area contributed by atoms with Crippen molar-refractivity contribution < 1.29 is 0 Å². The summed E-state index contributed by atoms with van der Waals surface area (Å²) in [7, 11) is 0. The second-order valence-electron chi connectivity index (χ2n) is 9.02. The van der Waals surface area contributed by atoms with E-state index >= 15 is 0 Å². The van der Waals surface area contributed by atoms with Crippen molar-refractivity contribution in [3.05, 3.63) is 0 Å². The van der Waals surface area contributed by atoms with Crippen molar-refractivity contribution >= 4 is 0 Å². The average molecular weight is 283 g/mol. The maximum absolute atomic E-state index is 2.50. The van der Waals surface area contributed by atoms with Gasteiger partial charge in [0.25, 0.3) is 0 Å². The number of unbranched alkanes of at least 4 members (excludes halogenated alkanes) is 1. The zero-order chi connectivity index (χ0) is 16.0. The van der Waals surface area contributed by atoms with Crippen LogP contribution in [0.3, 0.4) is 0 Å². The Bertz CT molecular complexity index is 245. The van der Waals surface area contributed by atoms with Gasteiger partial charge in [0.05, 0.1) is 0 Å². The average Bonchev–Trinajstić information content (AvgIpc) is 2.30. The van der Waals surface area contributed by atoms with Crippen LogP contribution in [-0.4, -0.2) is 0 Å². The number of rotatable bonds is 10. The SMILES string of the molecule is CCC(CC(C)(C)C(C)(C)CCCCC(C)C)C(C)C. The van der Waals surface area contributed by atoms with Gasteiger partial charge in [-0.05, 0) is 41.4 Å². The largest absolute Gasteiger partial charge is 0.0651 e. The summed E-state index contributed by atoms with van der Waals surface area (Å²) in [5, 5.41) is 0. The maximum atomic E-state index is 2.50. The maximum Gasteiger partial charge on any atom is -0.0300 e. The summed E-state index contributed by atoms with van der Waals surface area (Å²) in [4.78, 5) is 0. The van der Waals surface area contributed by atoms with Gasteiger partial charge in [-0.25, -0.2) is 0 Å². The van der Waals surface area contributed by atoms with E-state index in [0.29, 0.717) is 10.8 Å². The van der Waals surface area contributed by atoms with E-state index in [1.54, 1.807) is 0 Å². The summed E-state index contributed by atoms with van der Waals surface area (Å²) in [5.41, 5.74) is 0.891. The van der Waals surface area contributed by atoms with Crippen LogP contribution in [0.2, 0.25) is 0 Å². The lowest BCUT2D eigenvalue weighted by molar-refractivity contribution is 0.0548. The molecule has 1 unspecified atom stereocenters. The fourth-order valence-electron chi connectivity index (χ4n) is 3.24. The molecule has 0 aromatic carbocycles. The van der Waals surface area contributed by atoms with E-state index in [2.05, 4.69) is 62.3 Å². The quantitative estimate of drug-likeness (QED) is 0.368. The Hall–Kier alpha value is 0. The topological polar surface area (TPSA) is 0 Å². The standard InChI is InChI=1S/C20H42/c1-10-18(17(4)5)15-20(8,9)19(6,7)14-12-11-13-16(2)3/h16-18H,10-15H2,1-9H3. The molecule has 122 valence electrons. The first kappa shape index (κ1) is 20.0. The minimum absolute atomic E-state index is 0.440. The molecule has 0 saturated carbocycles. The van der Waals surface area contributed by atoms with Crippen LogP contribution >= 0.6 is 0 Å². The van der Waals surface area contributed by atoms with Crippen molar-refractivity contribution in [1.29, 1.82) is 0 Å². The first-order valence-corrected chi connectivity index (χ1v) is 9.03. The molecule has 0 N–H and O–H groups in total. The molecule has 0 heteroatoms. The van der Waals surface area contributed by atoms with Crippen molar-refractivity contribution in [3.8, 4) is 0 Å². The highest BCUT2D eigenvalue weighted by atomic mass is 14.4. The molecule has 0 aliphatic carbocycles. The van der Waals surface area contributed by atoms with Gasteiger partial charge in [-0.2, -0.15) is 0 Å². The molecule has 0 radical (unpaired) electrons. The van der Waals surface area contributed by atoms with E-state index in [1.165, 1.54) is 38.5 Å². The van der Waals surface area contributed by atoms with Crippen LogP contribution in [-0.2, 0) is 0 Å². The highest BCUT2D eigenvalue weighted by molar-refractivity contribution is 4.88. The second kappa shape index (κ2) is 8.44. The van der Waals surface area contributed by atoms with Gasteiger partial charge in [-0.15, -0.1) is 0 Å². The third kappa shape index (κ3) is 6.64. The van der Waals surface area contributed by atoms with E-state index in [1.807, 2.05) is 0 Å². The molecule has 0 aromatic rings. The van der Waals surface area contributed by atoms with Crippen molar-refractivity contribution in [2.24, 2.45) is 28.6 Å². The predicted molar refractivity (Wildman–Crippen MR) is 94.1 cm³/mol. The van der Waals surface area contributed by atoms with Gasteiger partial charge in [0.1, 0.15) is 0 Å². The Labute approximate surface area is 130 Å². The van der Waals surface area contributed by atoms with E-state index in [4.69, 9.17) is 0 Å². The molecule has 20 heavy (non-hydrogen) atoms. The normalized spacial score (nSPS) is 15.2. The van der Waals surface area contributed by atoms with E-state index < -0.39 is 0 Å². The zero-order valence-corrected chi connectivity index (χ0v) is 16.0. The van der Waals surface area contributed by atoms with E-state index in [0.717, 1.165) is 17.8 Å². The molecule has 0 aliphatic rings. The smallest absolute Gasteiger partial charge is 0.0300 e. The van der Waals surface area contributed by atoms with Crippen LogP contribution < -0.4 is 0 Å². The van der Waals surface area contributed by atoms with Crippen LogP contribution in [0.1, 0.15) is 101 Å². The molecule has 0 bridgehead atoms. The van der Waals surface area contributed by atoms with Crippen molar-refractivity contribution in [2.45, 2.75) is 101 Å². The van der Waals surface area contributed by atoms with Gasteiger partial charge >= 0.3 is 0 Å². The molecule has 0 heterocycles. The summed E-state index contributed by atoms with van der Waals surface area (Å²) >= 11 is 0. The lowest BCUT2D eigenvalue weighted by Crippen LogP contribution is -2.35. The molecular weight excluding hydrogens is 240 g/mol. The van der Waals surface area contributed by atoms with Crippen LogP contribution in [0.5, 0.6) is 0 Å². The Kier molecular flexibility index (Phi) is 8.44. The molecule has 0 rings (SSSR count). The number of hydrogen-bond donors (Lipinski definition) is 0. The summed E-state index contributed by atoms with van der Waals surface area (Å²) in [6, 6.07) is 0. The van der Waals surface area contributed by atoms with E-state index in [-0.39, 0.29) is 0 Å². The highest BCUT2D eigenvalue weighted by Crippen LogP contribution is 2.48. The minimum Gasteiger partial charge on any atom is -0.0651 e. The Morgan fingerprint density at radius 3 is 1.75 bits per heavy atom. The van der Waals surface area contributed by atoms with E-state index in [9.17, 15) is 0 Å². The summed E-state index contributed by atoms with van der Waals surface area (Å²) in [6.45, 7) is 21.8. The van der Waals surface area contributed by atoms with Gasteiger partial charge in [0, 0.05) is 0 Å². The van der Waals surface area contributed by atoms with Gasteiger partial charge < -0.3 is 0 Å². The predicted octanol–water partition coefficient (Wildman–Crippen LogP) is 7.33. The first-order valence-electron chi connectivity index (χ1n) is 9.03. The molecule has 0 aromatic heterocycles. The monoisotopic (exact) mass is 282 g/mol. The lowest BCUT2D eigenvalue weighted by Gasteiger charge is -2.45. The molecule has 0 saturated heterocycles.